The van der Waals surface area contributed by atoms with Crippen molar-refractivity contribution in [2.24, 2.45) is 0 Å². The van der Waals surface area contributed by atoms with Crippen LogP contribution in [0.1, 0.15) is 15.9 Å². The predicted octanol–water partition coefficient (Wildman–Crippen LogP) is 3.13. The zero-order valence-corrected chi connectivity index (χ0v) is 17.9. The largest absolute Gasteiger partial charge is 0.497 e. The summed E-state index contributed by atoms with van der Waals surface area (Å²) in [6, 6.07) is 9.64. The molecule has 2 aromatic rings. The molecule has 2 amide bonds. The fraction of sp³-hybridized carbons (Fsp3) is 0.333. The Morgan fingerprint density at radius 3 is 2.31 bits per heavy atom. The summed E-state index contributed by atoms with van der Waals surface area (Å²) in [6.07, 6.45) is 0.194. The monoisotopic (exact) mass is 464 g/mol. The van der Waals surface area contributed by atoms with Gasteiger partial charge in [0.25, 0.3) is 5.91 Å². The van der Waals surface area contributed by atoms with Gasteiger partial charge < -0.3 is 19.3 Å². The zero-order valence-electron chi connectivity index (χ0n) is 16.3. The van der Waals surface area contributed by atoms with Crippen molar-refractivity contribution in [1.29, 1.82) is 0 Å². The van der Waals surface area contributed by atoms with E-state index in [0.717, 1.165) is 5.56 Å². The van der Waals surface area contributed by atoms with Crippen molar-refractivity contribution in [3.63, 3.8) is 0 Å². The van der Waals surface area contributed by atoms with Gasteiger partial charge in [-0.1, -0.05) is 6.07 Å². The van der Waals surface area contributed by atoms with Crippen LogP contribution in [0.25, 0.3) is 0 Å². The quantitative estimate of drug-likeness (QED) is 0.681. The molecule has 1 heterocycles. The number of piperazine rings is 1. The van der Waals surface area contributed by atoms with E-state index in [4.69, 9.17) is 9.47 Å². The van der Waals surface area contributed by atoms with Crippen LogP contribution in [0.15, 0.2) is 40.9 Å². The highest BCUT2D eigenvalue weighted by Crippen LogP contribution is 2.26. The van der Waals surface area contributed by atoms with E-state index in [1.165, 1.54) is 13.2 Å². The second-order valence-electron chi connectivity index (χ2n) is 6.66. The van der Waals surface area contributed by atoms with Crippen LogP contribution >= 0.6 is 15.9 Å². The first-order valence-electron chi connectivity index (χ1n) is 9.16. The van der Waals surface area contributed by atoms with Crippen LogP contribution in [0.3, 0.4) is 0 Å². The minimum Gasteiger partial charge on any atom is -0.497 e. The Hall–Kier alpha value is -2.61. The third-order valence-corrected chi connectivity index (χ3v) is 5.51. The molecular weight excluding hydrogens is 443 g/mol. The molecule has 6 nitrogen and oxygen atoms in total. The van der Waals surface area contributed by atoms with Gasteiger partial charge in [0.05, 0.1) is 30.7 Å². The predicted molar refractivity (Wildman–Crippen MR) is 110 cm³/mol. The number of nitrogens with zero attached hydrogens (tertiary/aromatic N) is 2. The molecule has 0 N–H and O–H groups in total. The van der Waals surface area contributed by atoms with Crippen molar-refractivity contribution in [2.45, 2.75) is 6.42 Å². The van der Waals surface area contributed by atoms with Gasteiger partial charge in [-0.15, -0.1) is 0 Å². The number of methoxy groups -OCH3 is 2. The van der Waals surface area contributed by atoms with Crippen molar-refractivity contribution in [2.75, 3.05) is 40.4 Å². The van der Waals surface area contributed by atoms with Crippen molar-refractivity contribution >= 4 is 27.7 Å². The van der Waals surface area contributed by atoms with E-state index in [1.54, 1.807) is 47.2 Å². The third-order valence-electron chi connectivity index (χ3n) is 4.90. The second-order valence-corrected chi connectivity index (χ2v) is 7.52. The van der Waals surface area contributed by atoms with Crippen molar-refractivity contribution in [3.05, 3.63) is 57.8 Å². The topological polar surface area (TPSA) is 59.1 Å². The Labute approximate surface area is 177 Å². The lowest BCUT2D eigenvalue weighted by Gasteiger charge is -2.35. The molecule has 154 valence electrons. The Morgan fingerprint density at radius 2 is 1.69 bits per heavy atom. The average molecular weight is 465 g/mol. The van der Waals surface area contributed by atoms with Crippen molar-refractivity contribution in [3.8, 4) is 11.5 Å². The first kappa shape index (κ1) is 21.1. The molecule has 0 spiro atoms. The minimum atomic E-state index is -0.359. The number of ether oxygens (including phenoxy) is 2. The average Bonchev–Trinajstić information content (AvgIpc) is 2.75. The smallest absolute Gasteiger partial charge is 0.257 e. The lowest BCUT2D eigenvalue weighted by molar-refractivity contribution is -0.131. The number of halogens is 2. The molecule has 0 unspecified atom stereocenters. The molecule has 1 saturated heterocycles. The van der Waals surface area contributed by atoms with E-state index in [-0.39, 0.29) is 24.1 Å². The maximum Gasteiger partial charge on any atom is 0.257 e. The SMILES string of the molecule is COc1ccc(C(=O)N2CCN(C(=O)Cc3ccc(F)c(Br)c3)CC2)c(OC)c1. The summed E-state index contributed by atoms with van der Waals surface area (Å²) in [6.45, 7) is 1.77. The van der Waals surface area contributed by atoms with Gasteiger partial charge in [0, 0.05) is 32.2 Å². The first-order valence-corrected chi connectivity index (χ1v) is 9.95. The van der Waals surface area contributed by atoms with Gasteiger partial charge in [-0.2, -0.15) is 0 Å². The standard InChI is InChI=1S/C21H22BrFN2O4/c1-28-15-4-5-16(19(13-15)29-2)21(27)25-9-7-24(8-10-25)20(26)12-14-3-6-18(23)17(22)11-14/h3-6,11,13H,7-10,12H2,1-2H3. The molecule has 29 heavy (non-hydrogen) atoms. The number of carbonyl (C=O) groups excluding carboxylic acids is 2. The summed E-state index contributed by atoms with van der Waals surface area (Å²) in [5.74, 6) is 0.523. The highest BCUT2D eigenvalue weighted by atomic mass is 79.9. The molecule has 1 aliphatic heterocycles. The zero-order chi connectivity index (χ0) is 21.0. The second kappa shape index (κ2) is 9.26. The van der Waals surface area contributed by atoms with Crippen LogP contribution in [0, 0.1) is 5.82 Å². The maximum atomic E-state index is 13.4. The van der Waals surface area contributed by atoms with Crippen LogP contribution in [0.4, 0.5) is 4.39 Å². The number of hydrogen-bond donors (Lipinski definition) is 0. The molecule has 0 bridgehead atoms. The van der Waals surface area contributed by atoms with E-state index in [0.29, 0.717) is 47.7 Å². The molecule has 8 heteroatoms. The van der Waals surface area contributed by atoms with Gasteiger partial charge in [-0.25, -0.2) is 4.39 Å². The number of benzene rings is 2. The summed E-state index contributed by atoms with van der Waals surface area (Å²) < 4.78 is 24.2. The maximum absolute atomic E-state index is 13.4. The Bertz CT molecular complexity index is 914. The lowest BCUT2D eigenvalue weighted by Crippen LogP contribution is -2.51. The summed E-state index contributed by atoms with van der Waals surface area (Å²) in [4.78, 5) is 28.9. The van der Waals surface area contributed by atoms with E-state index < -0.39 is 0 Å². The van der Waals surface area contributed by atoms with Crippen LogP contribution in [0.5, 0.6) is 11.5 Å². The molecule has 0 saturated carbocycles. The van der Waals surface area contributed by atoms with E-state index in [9.17, 15) is 14.0 Å². The number of amides is 2. The van der Waals surface area contributed by atoms with E-state index in [2.05, 4.69) is 15.9 Å². The van der Waals surface area contributed by atoms with Crippen LogP contribution in [-0.4, -0.2) is 62.0 Å². The van der Waals surface area contributed by atoms with E-state index >= 15 is 0 Å². The molecule has 0 atom stereocenters. The fourth-order valence-electron chi connectivity index (χ4n) is 3.24. The number of carbonyl (C=O) groups is 2. The van der Waals surface area contributed by atoms with Gasteiger partial charge in [-0.05, 0) is 45.8 Å². The van der Waals surface area contributed by atoms with Crippen molar-refractivity contribution in [1.82, 2.24) is 9.80 Å². The molecular formula is C21H22BrFN2O4. The molecule has 1 aliphatic rings. The lowest BCUT2D eigenvalue weighted by atomic mass is 10.1. The summed E-state index contributed by atoms with van der Waals surface area (Å²) in [5, 5.41) is 0. The van der Waals surface area contributed by atoms with Crippen LogP contribution in [0.2, 0.25) is 0 Å². The Morgan fingerprint density at radius 1 is 1.00 bits per heavy atom. The normalized spacial score (nSPS) is 13.9. The van der Waals surface area contributed by atoms with Crippen LogP contribution in [-0.2, 0) is 11.2 Å². The van der Waals surface area contributed by atoms with Gasteiger partial charge >= 0.3 is 0 Å². The molecule has 3 rings (SSSR count). The summed E-state index contributed by atoms with van der Waals surface area (Å²) in [7, 11) is 3.06. The molecule has 0 aromatic heterocycles. The highest BCUT2D eigenvalue weighted by Gasteiger charge is 2.26. The third kappa shape index (κ3) is 4.87. The Kier molecular flexibility index (Phi) is 6.74. The molecule has 0 radical (unpaired) electrons. The minimum absolute atomic E-state index is 0.0439. The van der Waals surface area contributed by atoms with E-state index in [1.807, 2.05) is 0 Å². The first-order chi connectivity index (χ1) is 13.9. The van der Waals surface area contributed by atoms with Gasteiger partial charge in [0.2, 0.25) is 5.91 Å². The molecule has 2 aromatic carbocycles. The summed E-state index contributed by atoms with van der Waals surface area (Å²) >= 11 is 3.14. The molecule has 1 fully saturated rings. The highest BCUT2D eigenvalue weighted by molar-refractivity contribution is 9.10. The number of hydrogen-bond acceptors (Lipinski definition) is 4. The molecule has 0 aliphatic carbocycles. The van der Waals surface area contributed by atoms with Gasteiger partial charge in [-0.3, -0.25) is 9.59 Å². The van der Waals surface area contributed by atoms with Gasteiger partial charge in [0.15, 0.2) is 0 Å². The Balaban J connectivity index is 1.60. The number of rotatable bonds is 5. The summed E-state index contributed by atoms with van der Waals surface area (Å²) in [5.41, 5.74) is 1.20. The van der Waals surface area contributed by atoms with Crippen LogP contribution < -0.4 is 9.47 Å². The van der Waals surface area contributed by atoms with Crippen molar-refractivity contribution < 1.29 is 23.5 Å². The van der Waals surface area contributed by atoms with Gasteiger partial charge in [0.1, 0.15) is 17.3 Å². The fourth-order valence-corrected chi connectivity index (χ4v) is 3.67.